The predicted octanol–water partition coefficient (Wildman–Crippen LogP) is 3.18. The number of para-hydroxylation sites is 1. The van der Waals surface area contributed by atoms with Crippen LogP contribution in [0.15, 0.2) is 24.3 Å². The summed E-state index contributed by atoms with van der Waals surface area (Å²) in [5.74, 6) is -1.46. The molecule has 40 heavy (non-hydrogen) atoms. The third-order valence-corrected chi connectivity index (χ3v) is 11.9. The van der Waals surface area contributed by atoms with Gasteiger partial charge in [-0.1, -0.05) is 26.0 Å². The molecule has 0 heterocycles. The minimum Gasteiger partial charge on any atom is -0.460 e. The van der Waals surface area contributed by atoms with E-state index in [1.165, 1.54) is 6.92 Å². The summed E-state index contributed by atoms with van der Waals surface area (Å²) in [5.41, 5.74) is -6.23. The molecule has 4 saturated carbocycles. The van der Waals surface area contributed by atoms with Gasteiger partial charge in [-0.3, -0.25) is 4.79 Å². The van der Waals surface area contributed by atoms with Crippen molar-refractivity contribution in [3.05, 3.63) is 29.8 Å². The number of hydrogen-bond donors (Lipinski definition) is 5. The van der Waals surface area contributed by atoms with Crippen molar-refractivity contribution in [2.75, 3.05) is 12.4 Å². The van der Waals surface area contributed by atoms with Crippen LogP contribution in [0.5, 0.6) is 0 Å². The van der Waals surface area contributed by atoms with Crippen LogP contribution in [-0.4, -0.2) is 74.5 Å². The number of fused-ring (bicyclic) bond motifs is 5. The fourth-order valence-electron chi connectivity index (χ4n) is 9.50. The van der Waals surface area contributed by atoms with E-state index in [9.17, 15) is 30.0 Å². The molecule has 1 aromatic carbocycles. The molecule has 0 aliphatic heterocycles. The number of aliphatic hydroxyl groups excluding tert-OH is 1. The number of carbonyl (C=O) groups is 2. The average Bonchev–Trinajstić information content (AvgIpc) is 3.14. The minimum absolute atomic E-state index is 0.0587. The first-order valence-corrected chi connectivity index (χ1v) is 14.7. The number of aliphatic hydroxyl groups is 4. The zero-order valence-corrected chi connectivity index (χ0v) is 24.3. The Balaban J connectivity index is 1.63. The van der Waals surface area contributed by atoms with Crippen molar-refractivity contribution < 1.29 is 39.5 Å². The Morgan fingerprint density at radius 1 is 1.02 bits per heavy atom. The van der Waals surface area contributed by atoms with Crippen LogP contribution < -0.4 is 5.32 Å². The van der Waals surface area contributed by atoms with Gasteiger partial charge in [0.25, 0.3) is 0 Å². The summed E-state index contributed by atoms with van der Waals surface area (Å²) < 4.78 is 11.8. The van der Waals surface area contributed by atoms with Gasteiger partial charge in [-0.25, -0.2) is 4.79 Å². The van der Waals surface area contributed by atoms with E-state index in [4.69, 9.17) is 9.47 Å². The Hall–Kier alpha value is -2.20. The van der Waals surface area contributed by atoms with Crippen molar-refractivity contribution in [3.63, 3.8) is 0 Å². The normalized spacial score (nSPS) is 44.9. The smallest absolute Gasteiger partial charge is 0.340 e. The van der Waals surface area contributed by atoms with Gasteiger partial charge in [0.1, 0.15) is 23.4 Å². The van der Waals surface area contributed by atoms with Crippen LogP contribution in [0.1, 0.15) is 89.4 Å². The first kappa shape index (κ1) is 29.3. The van der Waals surface area contributed by atoms with Gasteiger partial charge in [0.2, 0.25) is 0 Å². The van der Waals surface area contributed by atoms with E-state index in [-0.39, 0.29) is 25.2 Å². The molecule has 9 heteroatoms. The average molecular weight is 560 g/mol. The lowest BCUT2D eigenvalue weighted by atomic mass is 9.40. The molecular weight excluding hydrogens is 514 g/mol. The molecule has 9 nitrogen and oxygen atoms in total. The SMILES string of the molecule is CNc1ccccc1C(=O)OC1CC2C3(C)CCC(O)CC3CCC2(O)C2(O)CCC(O)(C(C)OC(C)=O)C12C. The standard InChI is InChI=1S/C31H45NO8/c1-18(39-19(2)33)29(36)14-15-31(38)28(29,4)25(40-26(35)22-8-6-7-9-23(22)32-5)17-24-27(3)12-11-21(34)16-20(27)10-13-30(24,31)37/h6-9,18,20-21,24-25,32,34,36-38H,10-17H2,1-5H3. The third kappa shape index (κ3) is 3.80. The predicted molar refractivity (Wildman–Crippen MR) is 147 cm³/mol. The van der Waals surface area contributed by atoms with Crippen molar-refractivity contribution >= 4 is 17.6 Å². The second-order valence-electron chi connectivity index (χ2n) is 13.3. The maximum atomic E-state index is 13.7. The van der Waals surface area contributed by atoms with Gasteiger partial charge in [-0.2, -0.15) is 0 Å². The molecule has 4 fully saturated rings. The quantitative estimate of drug-likeness (QED) is 0.343. The molecule has 10 atom stereocenters. The number of hydrogen-bond acceptors (Lipinski definition) is 9. The van der Waals surface area contributed by atoms with E-state index in [0.717, 1.165) is 0 Å². The molecule has 0 radical (unpaired) electrons. The molecule has 10 unspecified atom stereocenters. The molecule has 0 saturated heterocycles. The molecule has 0 amide bonds. The van der Waals surface area contributed by atoms with Crippen molar-refractivity contribution in [3.8, 4) is 0 Å². The number of anilines is 1. The maximum absolute atomic E-state index is 13.7. The van der Waals surface area contributed by atoms with E-state index < -0.39 is 63.8 Å². The summed E-state index contributed by atoms with van der Waals surface area (Å²) in [4.78, 5) is 25.7. The van der Waals surface area contributed by atoms with Gasteiger partial charge in [-0.15, -0.1) is 0 Å². The molecular formula is C31H45NO8. The Morgan fingerprint density at radius 3 is 2.40 bits per heavy atom. The lowest BCUT2D eigenvalue weighted by Gasteiger charge is -2.69. The summed E-state index contributed by atoms with van der Waals surface area (Å²) in [5, 5.41) is 51.2. The zero-order chi connectivity index (χ0) is 29.3. The third-order valence-electron chi connectivity index (χ3n) is 11.9. The lowest BCUT2D eigenvalue weighted by Crippen LogP contribution is -2.79. The van der Waals surface area contributed by atoms with E-state index >= 15 is 0 Å². The number of esters is 2. The van der Waals surface area contributed by atoms with Crippen molar-refractivity contribution in [1.29, 1.82) is 0 Å². The second kappa shape index (κ2) is 9.68. The van der Waals surface area contributed by atoms with Gasteiger partial charge in [-0.05, 0) is 87.7 Å². The van der Waals surface area contributed by atoms with Gasteiger partial charge in [0.05, 0.1) is 22.7 Å². The number of carbonyl (C=O) groups excluding carboxylic acids is 2. The summed E-state index contributed by atoms with van der Waals surface area (Å²) >= 11 is 0. The van der Waals surface area contributed by atoms with Crippen LogP contribution in [0.2, 0.25) is 0 Å². The van der Waals surface area contributed by atoms with Crippen LogP contribution >= 0.6 is 0 Å². The van der Waals surface area contributed by atoms with Gasteiger partial charge in [0.15, 0.2) is 0 Å². The first-order chi connectivity index (χ1) is 18.7. The number of rotatable bonds is 5. The van der Waals surface area contributed by atoms with Crippen LogP contribution in [-0.2, 0) is 14.3 Å². The number of benzene rings is 1. The highest BCUT2D eigenvalue weighted by atomic mass is 16.6. The molecule has 0 spiro atoms. The largest absolute Gasteiger partial charge is 0.460 e. The zero-order valence-electron chi connectivity index (χ0n) is 24.3. The number of nitrogens with one attached hydrogen (secondary N) is 1. The highest BCUT2D eigenvalue weighted by Crippen LogP contribution is 2.72. The lowest BCUT2D eigenvalue weighted by molar-refractivity contribution is -0.340. The van der Waals surface area contributed by atoms with E-state index in [2.05, 4.69) is 12.2 Å². The fourth-order valence-corrected chi connectivity index (χ4v) is 9.50. The van der Waals surface area contributed by atoms with Crippen molar-refractivity contribution in [1.82, 2.24) is 0 Å². The van der Waals surface area contributed by atoms with Gasteiger partial charge < -0.3 is 35.2 Å². The van der Waals surface area contributed by atoms with E-state index in [1.807, 2.05) is 0 Å². The second-order valence-corrected chi connectivity index (χ2v) is 13.3. The maximum Gasteiger partial charge on any atom is 0.340 e. The highest BCUT2D eigenvalue weighted by molar-refractivity contribution is 5.95. The van der Waals surface area contributed by atoms with Crippen LogP contribution in [0.3, 0.4) is 0 Å². The van der Waals surface area contributed by atoms with E-state index in [0.29, 0.717) is 43.4 Å². The summed E-state index contributed by atoms with van der Waals surface area (Å²) in [6.45, 7) is 6.65. The van der Waals surface area contributed by atoms with Gasteiger partial charge >= 0.3 is 11.9 Å². The van der Waals surface area contributed by atoms with Crippen molar-refractivity contribution in [2.24, 2.45) is 22.7 Å². The minimum atomic E-state index is -1.83. The molecule has 4 aliphatic carbocycles. The first-order valence-electron chi connectivity index (χ1n) is 14.7. The molecule has 1 aromatic rings. The summed E-state index contributed by atoms with van der Waals surface area (Å²) in [6, 6.07) is 6.97. The number of ether oxygens (including phenoxy) is 2. The molecule has 222 valence electrons. The molecule has 5 N–H and O–H groups in total. The molecule has 0 bridgehead atoms. The van der Waals surface area contributed by atoms with Gasteiger partial charge in [0, 0.05) is 19.7 Å². The Kier molecular flexibility index (Phi) is 7.09. The topological polar surface area (TPSA) is 146 Å². The monoisotopic (exact) mass is 559 g/mol. The van der Waals surface area contributed by atoms with E-state index in [1.54, 1.807) is 45.2 Å². The fraction of sp³-hybridized carbons (Fsp3) is 0.742. The molecule has 4 aliphatic rings. The molecule has 0 aromatic heterocycles. The van der Waals surface area contributed by atoms with Crippen LogP contribution in [0.4, 0.5) is 5.69 Å². The Labute approximate surface area is 236 Å². The van der Waals surface area contributed by atoms with Crippen LogP contribution in [0.25, 0.3) is 0 Å². The summed E-state index contributed by atoms with van der Waals surface area (Å²) in [7, 11) is 1.71. The van der Waals surface area contributed by atoms with Crippen molar-refractivity contribution in [2.45, 2.75) is 114 Å². The Bertz CT molecular complexity index is 1180. The molecule has 5 rings (SSSR count). The summed E-state index contributed by atoms with van der Waals surface area (Å²) in [6.07, 6.45) is 0.779. The van der Waals surface area contributed by atoms with Crippen LogP contribution in [0, 0.1) is 22.7 Å². The highest BCUT2D eigenvalue weighted by Gasteiger charge is 2.82. The Morgan fingerprint density at radius 2 is 1.73 bits per heavy atom.